The summed E-state index contributed by atoms with van der Waals surface area (Å²) in [6, 6.07) is 7.25. The van der Waals surface area contributed by atoms with Crippen molar-refractivity contribution in [2.45, 2.75) is 25.8 Å². The van der Waals surface area contributed by atoms with Crippen molar-refractivity contribution in [2.75, 3.05) is 5.75 Å². The number of hydrogen-bond donors (Lipinski definition) is 0. The normalized spacial score (nSPS) is 11.0. The highest BCUT2D eigenvalue weighted by molar-refractivity contribution is 8.00. The molecule has 0 radical (unpaired) electrons. The Labute approximate surface area is 149 Å². The molecule has 3 aromatic heterocycles. The molecule has 0 saturated heterocycles. The summed E-state index contributed by atoms with van der Waals surface area (Å²) in [6.07, 6.45) is 1.66. The fourth-order valence-electron chi connectivity index (χ4n) is 2.55. The Morgan fingerprint density at radius 1 is 1.33 bits per heavy atom. The molecule has 0 saturated carbocycles. The first kappa shape index (κ1) is 16.8. The number of halogens is 1. The molecule has 0 fully saturated rings. The van der Waals surface area contributed by atoms with Crippen molar-refractivity contribution in [1.29, 1.82) is 0 Å². The van der Waals surface area contributed by atoms with E-state index >= 15 is 0 Å². The Morgan fingerprint density at radius 2 is 2.12 bits per heavy atom. The van der Waals surface area contributed by atoms with Gasteiger partial charge in [-0.15, -0.1) is 0 Å². The molecule has 0 N–H and O–H groups in total. The highest BCUT2D eigenvalue weighted by Gasteiger charge is 2.19. The number of pyridine rings is 1. The van der Waals surface area contributed by atoms with Gasteiger partial charge in [0.15, 0.2) is 11.6 Å². The van der Waals surface area contributed by atoms with E-state index in [0.29, 0.717) is 21.4 Å². The predicted octanol–water partition coefficient (Wildman–Crippen LogP) is 4.41. The van der Waals surface area contributed by atoms with Crippen LogP contribution in [0.25, 0.3) is 5.82 Å². The van der Waals surface area contributed by atoms with Gasteiger partial charge in [0.25, 0.3) is 0 Å². The summed E-state index contributed by atoms with van der Waals surface area (Å²) in [5.74, 6) is 1.72. The van der Waals surface area contributed by atoms with Crippen LogP contribution in [0.2, 0.25) is 5.02 Å². The summed E-state index contributed by atoms with van der Waals surface area (Å²) >= 11 is 7.42. The van der Waals surface area contributed by atoms with Crippen molar-refractivity contribution >= 4 is 29.1 Å². The van der Waals surface area contributed by atoms with Gasteiger partial charge in [0.2, 0.25) is 0 Å². The quantitative estimate of drug-likeness (QED) is 0.497. The maximum Gasteiger partial charge on any atom is 0.180 e. The molecule has 0 aliphatic rings. The minimum absolute atomic E-state index is 0.0290. The van der Waals surface area contributed by atoms with Crippen LogP contribution in [0, 0.1) is 20.8 Å². The Kier molecular flexibility index (Phi) is 4.78. The molecule has 3 heterocycles. The second-order valence-corrected chi connectivity index (χ2v) is 6.79. The molecule has 0 aliphatic heterocycles. The van der Waals surface area contributed by atoms with E-state index in [1.165, 1.54) is 11.8 Å². The maximum atomic E-state index is 12.6. The number of nitrogens with zero attached hydrogens (tertiary/aromatic N) is 3. The number of carbonyl (C=O) groups is 1. The van der Waals surface area contributed by atoms with Gasteiger partial charge >= 0.3 is 0 Å². The molecule has 7 heteroatoms. The van der Waals surface area contributed by atoms with Crippen molar-refractivity contribution in [3.63, 3.8) is 0 Å². The minimum atomic E-state index is 0.0290. The first-order valence-corrected chi connectivity index (χ1v) is 8.73. The first-order chi connectivity index (χ1) is 11.5. The molecule has 0 bridgehead atoms. The van der Waals surface area contributed by atoms with Gasteiger partial charge in [-0.2, -0.15) is 0 Å². The number of thioether (sulfide) groups is 1. The van der Waals surface area contributed by atoms with Crippen LogP contribution in [-0.2, 0) is 0 Å². The number of ketones is 1. The van der Waals surface area contributed by atoms with E-state index in [4.69, 9.17) is 16.1 Å². The van der Waals surface area contributed by atoms with Gasteiger partial charge < -0.3 is 4.52 Å². The van der Waals surface area contributed by atoms with Crippen LogP contribution in [0.4, 0.5) is 0 Å². The summed E-state index contributed by atoms with van der Waals surface area (Å²) in [6.45, 7) is 5.68. The summed E-state index contributed by atoms with van der Waals surface area (Å²) in [5.41, 5.74) is 2.45. The van der Waals surface area contributed by atoms with Gasteiger partial charge in [0, 0.05) is 29.2 Å². The van der Waals surface area contributed by atoms with Crippen LogP contribution in [-0.4, -0.2) is 26.2 Å². The van der Waals surface area contributed by atoms with Gasteiger partial charge in [-0.25, -0.2) is 4.98 Å². The maximum absolute atomic E-state index is 12.6. The summed E-state index contributed by atoms with van der Waals surface area (Å²) in [4.78, 5) is 16.8. The summed E-state index contributed by atoms with van der Waals surface area (Å²) in [7, 11) is 0. The molecule has 5 nitrogen and oxygen atoms in total. The van der Waals surface area contributed by atoms with E-state index < -0.39 is 0 Å². The van der Waals surface area contributed by atoms with E-state index in [-0.39, 0.29) is 11.5 Å². The lowest BCUT2D eigenvalue weighted by Crippen LogP contribution is -2.06. The van der Waals surface area contributed by atoms with Gasteiger partial charge in [-0.3, -0.25) is 9.36 Å². The lowest BCUT2D eigenvalue weighted by Gasteiger charge is -2.05. The molecule has 0 amide bonds. The van der Waals surface area contributed by atoms with Crippen LogP contribution in [0.1, 0.15) is 27.5 Å². The number of aryl methyl sites for hydroxylation is 2. The van der Waals surface area contributed by atoms with Gasteiger partial charge in [0.05, 0.1) is 10.8 Å². The fraction of sp³-hybridized carbons (Fsp3) is 0.235. The van der Waals surface area contributed by atoms with Crippen LogP contribution in [0.3, 0.4) is 0 Å². The van der Waals surface area contributed by atoms with E-state index in [9.17, 15) is 4.79 Å². The van der Waals surface area contributed by atoms with E-state index in [1.807, 2.05) is 37.5 Å². The number of rotatable bonds is 5. The molecular formula is C17H16ClN3O2S. The zero-order chi connectivity index (χ0) is 17.3. The zero-order valence-corrected chi connectivity index (χ0v) is 15.1. The van der Waals surface area contributed by atoms with Crippen molar-refractivity contribution in [2.24, 2.45) is 0 Å². The van der Waals surface area contributed by atoms with Crippen LogP contribution in [0.5, 0.6) is 0 Å². The zero-order valence-electron chi connectivity index (χ0n) is 13.5. The second kappa shape index (κ2) is 6.83. The topological polar surface area (TPSA) is 60.9 Å². The Morgan fingerprint density at radius 3 is 2.79 bits per heavy atom. The molecule has 0 spiro atoms. The largest absolute Gasteiger partial charge is 0.360 e. The average molecular weight is 362 g/mol. The Bertz CT molecular complexity index is 901. The van der Waals surface area contributed by atoms with Crippen molar-refractivity contribution < 1.29 is 9.32 Å². The van der Waals surface area contributed by atoms with Crippen molar-refractivity contribution in [1.82, 2.24) is 14.7 Å². The molecule has 0 aliphatic carbocycles. The fourth-order valence-corrected chi connectivity index (χ4v) is 3.60. The lowest BCUT2D eigenvalue weighted by molar-refractivity contribution is 0.102. The number of hydrogen-bond acceptors (Lipinski definition) is 5. The molecular weight excluding hydrogens is 346 g/mol. The lowest BCUT2D eigenvalue weighted by atomic mass is 10.2. The smallest absolute Gasteiger partial charge is 0.180 e. The summed E-state index contributed by atoms with van der Waals surface area (Å²) < 4.78 is 7.05. The van der Waals surface area contributed by atoms with Crippen molar-refractivity contribution in [3.05, 3.63) is 58.2 Å². The van der Waals surface area contributed by atoms with E-state index in [1.54, 1.807) is 18.3 Å². The molecule has 3 aromatic rings. The average Bonchev–Trinajstić information content (AvgIpc) is 3.09. The molecule has 0 unspecified atom stereocenters. The number of Topliss-reactive ketones (excluding diaryl/α,β-unsaturated/α-hetero) is 1. The van der Waals surface area contributed by atoms with E-state index in [0.717, 1.165) is 17.1 Å². The Hall–Kier alpha value is -2.05. The third-order valence-electron chi connectivity index (χ3n) is 3.64. The Balaban J connectivity index is 1.82. The van der Waals surface area contributed by atoms with Gasteiger partial charge in [-0.1, -0.05) is 28.5 Å². The second-order valence-electron chi connectivity index (χ2n) is 5.42. The molecule has 24 heavy (non-hydrogen) atoms. The van der Waals surface area contributed by atoms with Crippen molar-refractivity contribution in [3.8, 4) is 5.82 Å². The highest BCUT2D eigenvalue weighted by atomic mass is 35.5. The molecule has 0 atom stereocenters. The van der Waals surface area contributed by atoms with Crippen LogP contribution >= 0.6 is 23.4 Å². The minimum Gasteiger partial charge on any atom is -0.360 e. The highest BCUT2D eigenvalue weighted by Crippen LogP contribution is 2.27. The van der Waals surface area contributed by atoms with Crippen LogP contribution in [0.15, 0.2) is 40.0 Å². The third kappa shape index (κ3) is 3.25. The number of aromatic nitrogens is 3. The number of carbonyl (C=O) groups excluding carboxylic acids is 1. The SMILES string of the molecule is Cc1cc(-n2c(C)cc(C(=O)CSc3ncccc3Cl)c2C)no1. The van der Waals surface area contributed by atoms with Gasteiger partial charge in [-0.05, 0) is 39.0 Å². The monoisotopic (exact) mass is 361 g/mol. The van der Waals surface area contributed by atoms with Gasteiger partial charge in [0.1, 0.15) is 10.8 Å². The first-order valence-electron chi connectivity index (χ1n) is 7.36. The third-order valence-corrected chi connectivity index (χ3v) is 5.06. The van der Waals surface area contributed by atoms with Crippen LogP contribution < -0.4 is 0 Å². The molecule has 0 aromatic carbocycles. The molecule has 124 valence electrons. The summed E-state index contributed by atoms with van der Waals surface area (Å²) in [5, 5.41) is 5.24. The molecule has 3 rings (SSSR count). The standard InChI is InChI=1S/C17H16ClN3O2S/c1-10-7-13(12(3)21(10)16-8-11(2)23-20-16)15(22)9-24-17-14(18)5-4-6-19-17/h4-8H,9H2,1-3H3. The van der Waals surface area contributed by atoms with E-state index in [2.05, 4.69) is 10.1 Å². The predicted molar refractivity (Wildman–Crippen MR) is 94.3 cm³/mol.